The van der Waals surface area contributed by atoms with Gasteiger partial charge in [0.25, 0.3) is 0 Å². The van der Waals surface area contributed by atoms with Crippen LogP contribution in [0.3, 0.4) is 0 Å². The number of nitrogens with one attached hydrogen (secondary N) is 1. The van der Waals surface area contributed by atoms with E-state index in [2.05, 4.69) is 5.32 Å². The van der Waals surface area contributed by atoms with Crippen molar-refractivity contribution in [2.75, 3.05) is 13.2 Å². The molecule has 2 fully saturated rings. The highest BCUT2D eigenvalue weighted by molar-refractivity contribution is 5.79. The Morgan fingerprint density at radius 3 is 2.35 bits per heavy atom. The number of carboxylic acids is 1. The zero-order chi connectivity index (χ0) is 12.3. The largest absolute Gasteiger partial charge is 0.481 e. The lowest BCUT2D eigenvalue weighted by Gasteiger charge is -2.23. The number of rotatable bonds is 3. The van der Waals surface area contributed by atoms with Gasteiger partial charge in [-0.25, -0.2) is 0 Å². The zero-order valence-corrected chi connectivity index (χ0v) is 9.85. The van der Waals surface area contributed by atoms with E-state index >= 15 is 0 Å². The van der Waals surface area contributed by atoms with E-state index in [1.165, 1.54) is 0 Å². The summed E-state index contributed by atoms with van der Waals surface area (Å²) >= 11 is 0. The van der Waals surface area contributed by atoms with Gasteiger partial charge in [0.2, 0.25) is 5.91 Å². The van der Waals surface area contributed by atoms with Crippen LogP contribution in [0.15, 0.2) is 0 Å². The maximum Gasteiger partial charge on any atom is 0.306 e. The predicted octanol–water partition coefficient (Wildman–Crippen LogP) is 0.782. The van der Waals surface area contributed by atoms with Gasteiger partial charge in [-0.15, -0.1) is 0 Å². The van der Waals surface area contributed by atoms with Crippen LogP contribution in [0.25, 0.3) is 0 Å². The molecular formula is C12H19NO4. The molecule has 0 aromatic heterocycles. The second kappa shape index (κ2) is 5.49. The van der Waals surface area contributed by atoms with Crippen LogP contribution in [0.1, 0.15) is 32.1 Å². The van der Waals surface area contributed by atoms with Gasteiger partial charge in [0.1, 0.15) is 0 Å². The summed E-state index contributed by atoms with van der Waals surface area (Å²) in [4.78, 5) is 22.7. The summed E-state index contributed by atoms with van der Waals surface area (Å²) < 4.78 is 5.21. The van der Waals surface area contributed by atoms with Gasteiger partial charge < -0.3 is 15.2 Å². The molecule has 5 nitrogen and oxygen atoms in total. The Morgan fingerprint density at radius 1 is 1.06 bits per heavy atom. The minimum absolute atomic E-state index is 0.0476. The molecular weight excluding hydrogens is 222 g/mol. The van der Waals surface area contributed by atoms with E-state index in [-0.39, 0.29) is 23.8 Å². The molecule has 2 N–H and O–H groups in total. The first-order chi connectivity index (χ1) is 8.16. The van der Waals surface area contributed by atoms with Gasteiger partial charge in [0, 0.05) is 25.2 Å². The van der Waals surface area contributed by atoms with Crippen molar-refractivity contribution in [3.63, 3.8) is 0 Å². The van der Waals surface area contributed by atoms with Crippen molar-refractivity contribution < 1.29 is 19.4 Å². The van der Waals surface area contributed by atoms with E-state index in [9.17, 15) is 9.59 Å². The summed E-state index contributed by atoms with van der Waals surface area (Å²) in [5.74, 6) is -0.903. The molecule has 2 atom stereocenters. The number of carboxylic acid groups (broad SMARTS) is 1. The Kier molecular flexibility index (Phi) is 3.99. The predicted molar refractivity (Wildman–Crippen MR) is 60.5 cm³/mol. The maximum atomic E-state index is 11.9. The standard InChI is InChI=1S/C12H19NO4/c14-11(8-3-5-17-6-4-8)13-10-2-1-9(7-10)12(15)16/h8-10H,1-7H2,(H,13,14)(H,15,16)/t9-,10+/m1/s1. The lowest BCUT2D eigenvalue weighted by atomic mass is 9.99. The molecule has 2 rings (SSSR count). The number of ether oxygens (including phenoxy) is 1. The molecule has 0 radical (unpaired) electrons. The number of carbonyl (C=O) groups excluding carboxylic acids is 1. The Labute approximate surface area is 101 Å². The molecule has 2 aliphatic rings. The minimum atomic E-state index is -0.743. The van der Waals surface area contributed by atoms with Crippen LogP contribution in [0.2, 0.25) is 0 Å². The Hall–Kier alpha value is -1.10. The molecule has 96 valence electrons. The van der Waals surface area contributed by atoms with Gasteiger partial charge in [0.15, 0.2) is 0 Å². The third-order valence-electron chi connectivity index (χ3n) is 3.72. The second-order valence-electron chi connectivity index (χ2n) is 4.94. The van der Waals surface area contributed by atoms with Crippen molar-refractivity contribution in [2.24, 2.45) is 11.8 Å². The van der Waals surface area contributed by atoms with Crippen LogP contribution in [0, 0.1) is 11.8 Å². The van der Waals surface area contributed by atoms with Crippen molar-refractivity contribution in [3.8, 4) is 0 Å². The van der Waals surface area contributed by atoms with Crippen LogP contribution in [0.5, 0.6) is 0 Å². The van der Waals surface area contributed by atoms with Crippen LogP contribution < -0.4 is 5.32 Å². The number of amides is 1. The van der Waals surface area contributed by atoms with Crippen molar-refractivity contribution >= 4 is 11.9 Å². The van der Waals surface area contributed by atoms with Gasteiger partial charge in [-0.1, -0.05) is 0 Å². The molecule has 0 spiro atoms. The molecule has 0 aromatic carbocycles. The van der Waals surface area contributed by atoms with Crippen molar-refractivity contribution in [3.05, 3.63) is 0 Å². The smallest absolute Gasteiger partial charge is 0.306 e. The van der Waals surface area contributed by atoms with E-state index < -0.39 is 5.97 Å². The SMILES string of the molecule is O=C(N[C@H]1CC[C@@H](C(=O)O)C1)C1CCOCC1. The minimum Gasteiger partial charge on any atom is -0.481 e. The molecule has 0 bridgehead atoms. The van der Waals surface area contributed by atoms with Crippen LogP contribution >= 0.6 is 0 Å². The Balaban J connectivity index is 1.77. The topological polar surface area (TPSA) is 75.6 Å². The number of carbonyl (C=O) groups is 2. The summed E-state index contributed by atoms with van der Waals surface area (Å²) in [5.41, 5.74) is 0. The first kappa shape index (κ1) is 12.4. The average Bonchev–Trinajstić information content (AvgIpc) is 2.79. The highest BCUT2D eigenvalue weighted by Gasteiger charge is 2.32. The summed E-state index contributed by atoms with van der Waals surface area (Å²) in [6, 6.07) is 0.0476. The van der Waals surface area contributed by atoms with Crippen molar-refractivity contribution in [1.29, 1.82) is 0 Å². The Bertz CT molecular complexity index is 299. The molecule has 1 amide bonds. The van der Waals surface area contributed by atoms with Gasteiger partial charge in [-0.2, -0.15) is 0 Å². The second-order valence-corrected chi connectivity index (χ2v) is 4.94. The van der Waals surface area contributed by atoms with Crippen LogP contribution in [0.4, 0.5) is 0 Å². The molecule has 1 aliphatic carbocycles. The fraction of sp³-hybridized carbons (Fsp3) is 0.833. The van der Waals surface area contributed by atoms with E-state index in [0.29, 0.717) is 26.1 Å². The number of hydrogen-bond acceptors (Lipinski definition) is 3. The zero-order valence-electron chi connectivity index (χ0n) is 9.85. The fourth-order valence-electron chi connectivity index (χ4n) is 2.62. The van der Waals surface area contributed by atoms with Crippen LogP contribution in [-0.2, 0) is 14.3 Å². The fourth-order valence-corrected chi connectivity index (χ4v) is 2.62. The summed E-state index contributed by atoms with van der Waals surface area (Å²) in [6.07, 6.45) is 3.59. The molecule has 17 heavy (non-hydrogen) atoms. The third-order valence-corrected chi connectivity index (χ3v) is 3.72. The molecule has 0 aromatic rings. The van der Waals surface area contributed by atoms with Gasteiger partial charge in [-0.05, 0) is 32.1 Å². The van der Waals surface area contributed by atoms with Gasteiger partial charge in [0.05, 0.1) is 5.92 Å². The Morgan fingerprint density at radius 2 is 1.76 bits per heavy atom. The molecule has 1 aliphatic heterocycles. The maximum absolute atomic E-state index is 11.9. The first-order valence-electron chi connectivity index (χ1n) is 6.27. The van der Waals surface area contributed by atoms with E-state index in [0.717, 1.165) is 19.3 Å². The number of hydrogen-bond donors (Lipinski definition) is 2. The quantitative estimate of drug-likeness (QED) is 0.765. The lowest BCUT2D eigenvalue weighted by Crippen LogP contribution is -2.39. The summed E-state index contributed by atoms with van der Waals surface area (Å²) in [6.45, 7) is 1.31. The summed E-state index contributed by atoms with van der Waals surface area (Å²) in [7, 11) is 0. The van der Waals surface area contributed by atoms with Gasteiger partial charge in [-0.3, -0.25) is 9.59 Å². The molecule has 0 unspecified atom stereocenters. The molecule has 5 heteroatoms. The summed E-state index contributed by atoms with van der Waals surface area (Å²) in [5, 5.41) is 11.9. The van der Waals surface area contributed by atoms with E-state index in [1.807, 2.05) is 0 Å². The normalized spacial score (nSPS) is 30.1. The van der Waals surface area contributed by atoms with Crippen molar-refractivity contribution in [1.82, 2.24) is 5.32 Å². The highest BCUT2D eigenvalue weighted by atomic mass is 16.5. The van der Waals surface area contributed by atoms with E-state index in [4.69, 9.17) is 9.84 Å². The average molecular weight is 241 g/mol. The van der Waals surface area contributed by atoms with Crippen molar-refractivity contribution in [2.45, 2.75) is 38.1 Å². The molecule has 1 saturated heterocycles. The van der Waals surface area contributed by atoms with Gasteiger partial charge >= 0.3 is 5.97 Å². The highest BCUT2D eigenvalue weighted by Crippen LogP contribution is 2.26. The first-order valence-corrected chi connectivity index (χ1v) is 6.27. The monoisotopic (exact) mass is 241 g/mol. The van der Waals surface area contributed by atoms with Crippen LogP contribution in [-0.4, -0.2) is 36.2 Å². The molecule has 1 heterocycles. The number of aliphatic carboxylic acids is 1. The third kappa shape index (κ3) is 3.19. The molecule has 1 saturated carbocycles. The lowest BCUT2D eigenvalue weighted by molar-refractivity contribution is -0.141. The van der Waals surface area contributed by atoms with E-state index in [1.54, 1.807) is 0 Å².